The number of ether oxygens (including phenoxy) is 1. The van der Waals surface area contributed by atoms with Gasteiger partial charge in [-0.15, -0.1) is 0 Å². The van der Waals surface area contributed by atoms with Crippen LogP contribution in [0.2, 0.25) is 5.02 Å². The van der Waals surface area contributed by atoms with Crippen LogP contribution in [-0.2, 0) is 0 Å². The van der Waals surface area contributed by atoms with E-state index in [0.717, 1.165) is 27.3 Å². The first-order valence-corrected chi connectivity index (χ1v) is 6.46. The lowest BCUT2D eigenvalue weighted by atomic mass is 10.1. The number of nitrogens with zero attached hydrogens (tertiary/aromatic N) is 2. The summed E-state index contributed by atoms with van der Waals surface area (Å²) < 4.78 is 6.02. The number of nitrogens with one attached hydrogen (secondary N) is 1. The topological polar surface area (TPSA) is 41.1 Å². The zero-order valence-corrected chi connectivity index (χ0v) is 12.6. The number of methoxy groups -OCH3 is 1. The third kappa shape index (κ3) is 2.33. The fourth-order valence-electron chi connectivity index (χ4n) is 1.62. The van der Waals surface area contributed by atoms with Crippen molar-refractivity contribution in [2.45, 2.75) is 0 Å². The van der Waals surface area contributed by atoms with Crippen molar-refractivity contribution in [1.29, 1.82) is 0 Å². The van der Waals surface area contributed by atoms with Gasteiger partial charge in [-0.25, -0.2) is 0 Å². The smallest absolute Gasteiger partial charge is 0.164 e. The fraction of sp³-hybridized carbons (Fsp3) is 0.250. The summed E-state index contributed by atoms with van der Waals surface area (Å²) in [6, 6.07) is 5.54. The molecule has 0 aliphatic rings. The Hall–Kier alpha value is -1.20. The molecular formula is C12H13BrClN3O. The van der Waals surface area contributed by atoms with E-state index in [-0.39, 0.29) is 0 Å². The molecule has 0 unspecified atom stereocenters. The molecule has 0 radical (unpaired) electrons. The summed E-state index contributed by atoms with van der Waals surface area (Å²) >= 11 is 9.77. The van der Waals surface area contributed by atoms with Gasteiger partial charge >= 0.3 is 0 Å². The second-order valence-electron chi connectivity index (χ2n) is 3.98. The Balaban J connectivity index is 2.49. The second-order valence-corrected chi connectivity index (χ2v) is 5.18. The molecule has 2 aromatic rings. The Labute approximate surface area is 119 Å². The average Bonchev–Trinajstić information content (AvgIpc) is 2.71. The van der Waals surface area contributed by atoms with Crippen LogP contribution < -0.4 is 9.64 Å². The normalized spacial score (nSPS) is 10.5. The molecule has 1 N–H and O–H groups in total. The fourth-order valence-corrected chi connectivity index (χ4v) is 2.63. The number of hydrogen-bond donors (Lipinski definition) is 1. The molecule has 0 saturated carbocycles. The molecule has 0 spiro atoms. The number of hydrogen-bond acceptors (Lipinski definition) is 3. The van der Waals surface area contributed by atoms with Crippen molar-refractivity contribution in [2.24, 2.45) is 0 Å². The maximum Gasteiger partial charge on any atom is 0.164 e. The van der Waals surface area contributed by atoms with Crippen molar-refractivity contribution in [1.82, 2.24) is 10.2 Å². The van der Waals surface area contributed by atoms with Crippen LogP contribution in [0.4, 0.5) is 5.82 Å². The molecule has 1 aromatic heterocycles. The van der Waals surface area contributed by atoms with Crippen LogP contribution in [0.15, 0.2) is 22.7 Å². The van der Waals surface area contributed by atoms with E-state index >= 15 is 0 Å². The SMILES string of the molecule is COc1ccc(-c2[nH]nc(N(C)C)c2Br)c(Cl)c1. The molecule has 1 heterocycles. The van der Waals surface area contributed by atoms with E-state index in [2.05, 4.69) is 26.1 Å². The molecule has 96 valence electrons. The average molecular weight is 331 g/mol. The third-order valence-electron chi connectivity index (χ3n) is 2.56. The van der Waals surface area contributed by atoms with Gasteiger partial charge in [-0.2, -0.15) is 5.10 Å². The van der Waals surface area contributed by atoms with Crippen molar-refractivity contribution in [2.75, 3.05) is 26.1 Å². The van der Waals surface area contributed by atoms with Gasteiger partial charge in [0.2, 0.25) is 0 Å². The molecule has 4 nitrogen and oxygen atoms in total. The van der Waals surface area contributed by atoms with Crippen molar-refractivity contribution >= 4 is 33.3 Å². The highest BCUT2D eigenvalue weighted by molar-refractivity contribution is 9.10. The summed E-state index contributed by atoms with van der Waals surface area (Å²) in [6.45, 7) is 0. The zero-order valence-electron chi connectivity index (χ0n) is 10.3. The number of H-pyrrole nitrogens is 1. The largest absolute Gasteiger partial charge is 0.497 e. The van der Waals surface area contributed by atoms with Crippen LogP contribution in [0.25, 0.3) is 11.3 Å². The van der Waals surface area contributed by atoms with Gasteiger partial charge in [0, 0.05) is 19.7 Å². The molecule has 0 aliphatic carbocycles. The van der Waals surface area contributed by atoms with Crippen molar-refractivity contribution in [3.63, 3.8) is 0 Å². The van der Waals surface area contributed by atoms with Crippen LogP contribution >= 0.6 is 27.5 Å². The van der Waals surface area contributed by atoms with Gasteiger partial charge < -0.3 is 9.64 Å². The summed E-state index contributed by atoms with van der Waals surface area (Å²) in [5.74, 6) is 1.56. The summed E-state index contributed by atoms with van der Waals surface area (Å²) in [7, 11) is 5.47. The lowest BCUT2D eigenvalue weighted by Crippen LogP contribution is -2.09. The monoisotopic (exact) mass is 329 g/mol. The number of halogens is 2. The van der Waals surface area contributed by atoms with Gasteiger partial charge in [0.25, 0.3) is 0 Å². The van der Waals surface area contributed by atoms with Crippen molar-refractivity contribution < 1.29 is 4.74 Å². The molecule has 18 heavy (non-hydrogen) atoms. The number of benzene rings is 1. The minimum absolute atomic E-state index is 0.615. The first kappa shape index (κ1) is 13.2. The van der Waals surface area contributed by atoms with E-state index in [1.54, 1.807) is 13.2 Å². The molecule has 6 heteroatoms. The Morgan fingerprint density at radius 1 is 1.39 bits per heavy atom. The maximum absolute atomic E-state index is 6.24. The lowest BCUT2D eigenvalue weighted by molar-refractivity contribution is 0.415. The minimum atomic E-state index is 0.615. The van der Waals surface area contributed by atoms with Gasteiger partial charge in [0.1, 0.15) is 5.75 Å². The van der Waals surface area contributed by atoms with Gasteiger partial charge in [0.15, 0.2) is 5.82 Å². The first-order valence-electron chi connectivity index (χ1n) is 5.29. The van der Waals surface area contributed by atoms with E-state index in [1.807, 2.05) is 31.1 Å². The Kier molecular flexibility index (Phi) is 3.82. The van der Waals surface area contributed by atoms with E-state index in [1.165, 1.54) is 0 Å². The highest BCUT2D eigenvalue weighted by atomic mass is 79.9. The Morgan fingerprint density at radius 3 is 2.61 bits per heavy atom. The van der Waals surface area contributed by atoms with E-state index in [0.29, 0.717) is 5.02 Å². The molecule has 0 fully saturated rings. The summed E-state index contributed by atoms with van der Waals surface area (Å²) in [5, 5.41) is 7.84. The Morgan fingerprint density at radius 2 is 2.11 bits per heavy atom. The van der Waals surface area contributed by atoms with Crippen molar-refractivity contribution in [3.8, 4) is 17.0 Å². The third-order valence-corrected chi connectivity index (χ3v) is 3.62. The predicted molar refractivity (Wildman–Crippen MR) is 77.6 cm³/mol. The standard InChI is InChI=1S/C12H13BrClN3O/c1-17(2)12-10(13)11(15-16-12)8-5-4-7(18-3)6-9(8)14/h4-6H,1-3H3,(H,15,16). The van der Waals surface area contributed by atoms with Crippen LogP contribution in [0, 0.1) is 0 Å². The number of aromatic amines is 1. The molecule has 0 aliphatic heterocycles. The van der Waals surface area contributed by atoms with Crippen LogP contribution in [-0.4, -0.2) is 31.4 Å². The van der Waals surface area contributed by atoms with E-state index in [9.17, 15) is 0 Å². The zero-order chi connectivity index (χ0) is 13.3. The minimum Gasteiger partial charge on any atom is -0.497 e. The molecule has 0 saturated heterocycles. The predicted octanol–water partition coefficient (Wildman–Crippen LogP) is 3.57. The summed E-state index contributed by atoms with van der Waals surface area (Å²) in [6.07, 6.45) is 0. The molecule has 0 bridgehead atoms. The molecule has 2 rings (SSSR count). The lowest BCUT2D eigenvalue weighted by Gasteiger charge is -2.09. The molecule has 1 aromatic carbocycles. The van der Waals surface area contributed by atoms with Crippen LogP contribution in [0.3, 0.4) is 0 Å². The first-order chi connectivity index (χ1) is 8.54. The quantitative estimate of drug-likeness (QED) is 0.935. The highest BCUT2D eigenvalue weighted by Crippen LogP contribution is 2.37. The van der Waals surface area contributed by atoms with Crippen molar-refractivity contribution in [3.05, 3.63) is 27.7 Å². The second kappa shape index (κ2) is 5.20. The number of aromatic nitrogens is 2. The van der Waals surface area contributed by atoms with Gasteiger partial charge in [0.05, 0.1) is 22.3 Å². The van der Waals surface area contributed by atoms with Gasteiger partial charge in [-0.1, -0.05) is 11.6 Å². The summed E-state index contributed by atoms with van der Waals surface area (Å²) in [4.78, 5) is 1.92. The molecular weight excluding hydrogens is 318 g/mol. The number of anilines is 1. The van der Waals surface area contributed by atoms with Gasteiger partial charge in [-0.3, -0.25) is 5.10 Å². The Bertz CT molecular complexity index is 568. The summed E-state index contributed by atoms with van der Waals surface area (Å²) in [5.41, 5.74) is 1.73. The van der Waals surface area contributed by atoms with Gasteiger partial charge in [-0.05, 0) is 34.1 Å². The van der Waals surface area contributed by atoms with E-state index in [4.69, 9.17) is 16.3 Å². The van der Waals surface area contributed by atoms with Crippen LogP contribution in [0.1, 0.15) is 0 Å². The molecule has 0 amide bonds. The number of rotatable bonds is 3. The maximum atomic E-state index is 6.24. The molecule has 0 atom stereocenters. The highest BCUT2D eigenvalue weighted by Gasteiger charge is 2.16. The van der Waals surface area contributed by atoms with Crippen LogP contribution in [0.5, 0.6) is 5.75 Å². The van der Waals surface area contributed by atoms with E-state index < -0.39 is 0 Å².